The molecule has 0 aliphatic heterocycles. The second-order valence-corrected chi connectivity index (χ2v) is 8.78. The van der Waals surface area contributed by atoms with E-state index in [1.54, 1.807) is 45.0 Å². The lowest BCUT2D eigenvalue weighted by Crippen LogP contribution is -2.40. The van der Waals surface area contributed by atoms with Crippen LogP contribution < -0.4 is 15.4 Å². The molecule has 2 aromatic carbocycles. The van der Waals surface area contributed by atoms with Crippen molar-refractivity contribution in [2.75, 3.05) is 10.6 Å². The standard InChI is InChI=1S/C19H23N3O4S/c1-13(23)20-15-8-10-16(11-9-15)21-18(24)14-6-5-7-17(12-14)27(25,26)22-19(2,3)4/h5-12,22H,1-4H3,(H,20,23)(H,21,24). The van der Waals surface area contributed by atoms with Crippen LogP contribution in [0.4, 0.5) is 11.4 Å². The fourth-order valence-corrected chi connectivity index (χ4v) is 3.77. The molecule has 144 valence electrons. The molecule has 2 amide bonds. The predicted molar refractivity (Wildman–Crippen MR) is 105 cm³/mol. The van der Waals surface area contributed by atoms with Gasteiger partial charge in [-0.2, -0.15) is 0 Å². The minimum absolute atomic E-state index is 0.0195. The van der Waals surface area contributed by atoms with Gasteiger partial charge in [0, 0.05) is 29.4 Å². The highest BCUT2D eigenvalue weighted by Gasteiger charge is 2.22. The van der Waals surface area contributed by atoms with Crippen LogP contribution in [0.3, 0.4) is 0 Å². The van der Waals surface area contributed by atoms with Crippen molar-refractivity contribution in [2.45, 2.75) is 38.1 Å². The highest BCUT2D eigenvalue weighted by molar-refractivity contribution is 7.89. The van der Waals surface area contributed by atoms with Crippen molar-refractivity contribution in [3.8, 4) is 0 Å². The van der Waals surface area contributed by atoms with E-state index >= 15 is 0 Å². The van der Waals surface area contributed by atoms with E-state index in [0.717, 1.165) is 0 Å². The first-order chi connectivity index (χ1) is 12.5. The highest BCUT2D eigenvalue weighted by Crippen LogP contribution is 2.17. The first kappa shape index (κ1) is 20.6. The first-order valence-electron chi connectivity index (χ1n) is 8.29. The summed E-state index contributed by atoms with van der Waals surface area (Å²) >= 11 is 0. The topological polar surface area (TPSA) is 104 Å². The number of nitrogens with one attached hydrogen (secondary N) is 3. The number of carbonyl (C=O) groups excluding carboxylic acids is 2. The molecule has 8 heteroatoms. The van der Waals surface area contributed by atoms with Gasteiger partial charge in [0.2, 0.25) is 15.9 Å². The summed E-state index contributed by atoms with van der Waals surface area (Å²) in [5.74, 6) is -0.622. The molecule has 0 aromatic heterocycles. The van der Waals surface area contributed by atoms with Gasteiger partial charge in [0.05, 0.1) is 4.90 Å². The number of hydrogen-bond donors (Lipinski definition) is 3. The van der Waals surface area contributed by atoms with Crippen LogP contribution in [-0.2, 0) is 14.8 Å². The van der Waals surface area contributed by atoms with Crippen molar-refractivity contribution in [3.63, 3.8) is 0 Å². The molecule has 0 bridgehead atoms. The number of carbonyl (C=O) groups is 2. The Bertz CT molecular complexity index is 946. The monoisotopic (exact) mass is 389 g/mol. The fraction of sp³-hybridized carbons (Fsp3) is 0.263. The van der Waals surface area contributed by atoms with Crippen LogP contribution in [0.5, 0.6) is 0 Å². The molecule has 0 saturated heterocycles. The van der Waals surface area contributed by atoms with Gasteiger partial charge in [0.25, 0.3) is 5.91 Å². The summed E-state index contributed by atoms with van der Waals surface area (Å²) in [5, 5.41) is 5.33. The van der Waals surface area contributed by atoms with Gasteiger partial charge in [-0.3, -0.25) is 9.59 Å². The number of anilines is 2. The average Bonchev–Trinajstić information content (AvgIpc) is 2.54. The Labute approximate surface area is 159 Å². The number of sulfonamides is 1. The molecule has 0 radical (unpaired) electrons. The maximum absolute atomic E-state index is 12.4. The van der Waals surface area contributed by atoms with E-state index in [1.165, 1.54) is 31.2 Å². The Morgan fingerprint density at radius 2 is 1.44 bits per heavy atom. The van der Waals surface area contributed by atoms with Crippen molar-refractivity contribution < 1.29 is 18.0 Å². The maximum Gasteiger partial charge on any atom is 0.255 e. The molecule has 0 aliphatic carbocycles. The van der Waals surface area contributed by atoms with Gasteiger partial charge in [-0.25, -0.2) is 13.1 Å². The number of rotatable bonds is 5. The van der Waals surface area contributed by atoms with Crippen LogP contribution >= 0.6 is 0 Å². The quantitative estimate of drug-likeness (QED) is 0.731. The number of hydrogen-bond acceptors (Lipinski definition) is 4. The van der Waals surface area contributed by atoms with Crippen molar-refractivity contribution in [3.05, 3.63) is 54.1 Å². The minimum atomic E-state index is -3.73. The normalized spacial score (nSPS) is 11.7. The van der Waals surface area contributed by atoms with Crippen LogP contribution in [-0.4, -0.2) is 25.8 Å². The highest BCUT2D eigenvalue weighted by atomic mass is 32.2. The van der Waals surface area contributed by atoms with Crippen LogP contribution in [0, 0.1) is 0 Å². The van der Waals surface area contributed by atoms with Gasteiger partial charge in [0.1, 0.15) is 0 Å². The van der Waals surface area contributed by atoms with Gasteiger partial charge in [-0.1, -0.05) is 6.07 Å². The minimum Gasteiger partial charge on any atom is -0.326 e. The zero-order valence-electron chi connectivity index (χ0n) is 15.7. The van der Waals surface area contributed by atoms with Gasteiger partial charge < -0.3 is 10.6 Å². The molecular weight excluding hydrogens is 366 g/mol. The molecule has 7 nitrogen and oxygen atoms in total. The van der Waals surface area contributed by atoms with E-state index in [1.807, 2.05) is 0 Å². The molecule has 0 spiro atoms. The molecule has 0 saturated carbocycles. The predicted octanol–water partition coefficient (Wildman–Crippen LogP) is 2.97. The fourth-order valence-electron chi connectivity index (χ4n) is 2.31. The van der Waals surface area contributed by atoms with E-state index in [0.29, 0.717) is 11.4 Å². The van der Waals surface area contributed by atoms with Crippen LogP contribution in [0.25, 0.3) is 0 Å². The summed E-state index contributed by atoms with van der Waals surface area (Å²) in [6, 6.07) is 12.4. The Morgan fingerprint density at radius 1 is 0.889 bits per heavy atom. The molecule has 2 aromatic rings. The Morgan fingerprint density at radius 3 is 1.96 bits per heavy atom. The molecule has 0 heterocycles. The summed E-state index contributed by atoms with van der Waals surface area (Å²) < 4.78 is 27.4. The first-order valence-corrected chi connectivity index (χ1v) is 9.78. The molecule has 0 atom stereocenters. The molecular formula is C19H23N3O4S. The zero-order valence-corrected chi connectivity index (χ0v) is 16.5. The second-order valence-electron chi connectivity index (χ2n) is 7.10. The lowest BCUT2D eigenvalue weighted by Gasteiger charge is -2.20. The van der Waals surface area contributed by atoms with Crippen LogP contribution in [0.1, 0.15) is 38.1 Å². The summed E-state index contributed by atoms with van der Waals surface area (Å²) in [4.78, 5) is 23.5. The number of amides is 2. The van der Waals surface area contributed by atoms with E-state index in [2.05, 4.69) is 15.4 Å². The Hall–Kier alpha value is -2.71. The third-order valence-corrected chi connectivity index (χ3v) is 5.07. The van der Waals surface area contributed by atoms with Gasteiger partial charge in [-0.05, 0) is 63.2 Å². The molecule has 3 N–H and O–H groups in total. The van der Waals surface area contributed by atoms with E-state index in [-0.39, 0.29) is 16.4 Å². The van der Waals surface area contributed by atoms with E-state index in [4.69, 9.17) is 0 Å². The maximum atomic E-state index is 12.4. The molecule has 0 aliphatic rings. The third kappa shape index (κ3) is 6.19. The van der Waals surface area contributed by atoms with Gasteiger partial charge in [-0.15, -0.1) is 0 Å². The average molecular weight is 389 g/mol. The van der Waals surface area contributed by atoms with Gasteiger partial charge >= 0.3 is 0 Å². The summed E-state index contributed by atoms with van der Waals surface area (Å²) in [6.07, 6.45) is 0. The van der Waals surface area contributed by atoms with E-state index < -0.39 is 21.5 Å². The zero-order chi connectivity index (χ0) is 20.2. The molecule has 2 rings (SSSR count). The lowest BCUT2D eigenvalue weighted by atomic mass is 10.1. The lowest BCUT2D eigenvalue weighted by molar-refractivity contribution is -0.114. The SMILES string of the molecule is CC(=O)Nc1ccc(NC(=O)c2cccc(S(=O)(=O)NC(C)(C)C)c2)cc1. The second kappa shape index (κ2) is 7.89. The van der Waals surface area contributed by atoms with E-state index in [9.17, 15) is 18.0 Å². The molecule has 27 heavy (non-hydrogen) atoms. The molecule has 0 fully saturated rings. The van der Waals surface area contributed by atoms with Crippen LogP contribution in [0.15, 0.2) is 53.4 Å². The number of benzene rings is 2. The Kier molecular flexibility index (Phi) is 6.02. The summed E-state index contributed by atoms with van der Waals surface area (Å²) in [7, 11) is -3.73. The third-order valence-electron chi connectivity index (χ3n) is 3.31. The van der Waals surface area contributed by atoms with Crippen molar-refractivity contribution in [1.29, 1.82) is 0 Å². The smallest absolute Gasteiger partial charge is 0.255 e. The Balaban J connectivity index is 2.17. The van der Waals surface area contributed by atoms with Gasteiger partial charge in [0.15, 0.2) is 0 Å². The van der Waals surface area contributed by atoms with Crippen molar-refractivity contribution in [2.24, 2.45) is 0 Å². The summed E-state index contributed by atoms with van der Waals surface area (Å²) in [5.41, 5.74) is 0.724. The largest absolute Gasteiger partial charge is 0.326 e. The van der Waals surface area contributed by atoms with Crippen LogP contribution in [0.2, 0.25) is 0 Å². The van der Waals surface area contributed by atoms with Crippen molar-refractivity contribution >= 4 is 33.2 Å². The molecule has 0 unspecified atom stereocenters. The van der Waals surface area contributed by atoms with Crippen molar-refractivity contribution in [1.82, 2.24) is 4.72 Å². The summed E-state index contributed by atoms with van der Waals surface area (Å²) in [6.45, 7) is 6.63.